The monoisotopic (exact) mass is 230 g/mol. The Hall–Kier alpha value is -0.120. The van der Waals surface area contributed by atoms with Gasteiger partial charge in [0.05, 0.1) is 24.4 Å². The number of epoxide rings is 1. The van der Waals surface area contributed by atoms with E-state index in [1.54, 1.807) is 0 Å². The van der Waals surface area contributed by atoms with Gasteiger partial charge in [0.2, 0.25) is 0 Å². The van der Waals surface area contributed by atoms with E-state index in [0.29, 0.717) is 31.2 Å². The van der Waals surface area contributed by atoms with E-state index >= 15 is 0 Å². The Morgan fingerprint density at radius 3 is 1.31 bits per heavy atom. The molecule has 16 heavy (non-hydrogen) atoms. The molecule has 2 aliphatic rings. The van der Waals surface area contributed by atoms with Crippen LogP contribution in [0.4, 0.5) is 0 Å². The first-order chi connectivity index (χ1) is 7.76. The quantitative estimate of drug-likeness (QED) is 0.695. The standard InChI is InChI=1S/C7H14O2.C6H12O/c1-3-6-7(4-2)9-5-8-6;1-3-5-6(4-2)7-5/h6-7H,3-5H2,1-2H3;5-6H,3-4H2,1-2H3. The molecule has 0 aliphatic carbocycles. The minimum Gasteiger partial charge on any atom is -0.370 e. The topological polar surface area (TPSA) is 31.0 Å². The van der Waals surface area contributed by atoms with Crippen LogP contribution in [-0.2, 0) is 14.2 Å². The van der Waals surface area contributed by atoms with Crippen molar-refractivity contribution >= 4 is 0 Å². The Kier molecular flexibility index (Phi) is 6.32. The smallest absolute Gasteiger partial charge is 0.147 e. The highest BCUT2D eigenvalue weighted by atomic mass is 16.7. The summed E-state index contributed by atoms with van der Waals surface area (Å²) in [5.41, 5.74) is 0. The summed E-state index contributed by atoms with van der Waals surface area (Å²) in [6.07, 6.45) is 6.47. The lowest BCUT2D eigenvalue weighted by Gasteiger charge is -2.11. The van der Waals surface area contributed by atoms with Crippen molar-refractivity contribution in [3.63, 3.8) is 0 Å². The average Bonchev–Trinajstić information content (AvgIpc) is 2.96. The van der Waals surface area contributed by atoms with Gasteiger partial charge >= 0.3 is 0 Å². The van der Waals surface area contributed by atoms with Gasteiger partial charge in [-0.05, 0) is 25.7 Å². The van der Waals surface area contributed by atoms with E-state index in [-0.39, 0.29) is 0 Å². The molecule has 4 atom stereocenters. The van der Waals surface area contributed by atoms with Crippen molar-refractivity contribution in [1.29, 1.82) is 0 Å². The molecule has 0 spiro atoms. The maximum absolute atomic E-state index is 5.28. The van der Waals surface area contributed by atoms with E-state index in [2.05, 4.69) is 27.7 Å². The fourth-order valence-corrected chi connectivity index (χ4v) is 2.09. The van der Waals surface area contributed by atoms with Crippen LogP contribution >= 0.6 is 0 Å². The van der Waals surface area contributed by atoms with Crippen molar-refractivity contribution in [1.82, 2.24) is 0 Å². The molecule has 3 heteroatoms. The van der Waals surface area contributed by atoms with E-state index in [1.165, 1.54) is 12.8 Å². The molecule has 0 aromatic heterocycles. The zero-order chi connectivity index (χ0) is 12.0. The van der Waals surface area contributed by atoms with E-state index < -0.39 is 0 Å². The molecule has 0 amide bonds. The van der Waals surface area contributed by atoms with Gasteiger partial charge in [0.1, 0.15) is 6.79 Å². The normalized spacial score (nSPS) is 36.8. The van der Waals surface area contributed by atoms with Crippen LogP contribution in [0.3, 0.4) is 0 Å². The van der Waals surface area contributed by atoms with Gasteiger partial charge in [-0.25, -0.2) is 0 Å². The molecule has 0 radical (unpaired) electrons. The number of hydrogen-bond donors (Lipinski definition) is 0. The summed E-state index contributed by atoms with van der Waals surface area (Å²) in [4.78, 5) is 0. The molecule has 2 heterocycles. The minimum atomic E-state index is 0.356. The first kappa shape index (κ1) is 13.9. The molecular weight excluding hydrogens is 204 g/mol. The van der Waals surface area contributed by atoms with Crippen LogP contribution in [0, 0.1) is 0 Å². The zero-order valence-electron chi connectivity index (χ0n) is 11.1. The Balaban J connectivity index is 0.000000165. The highest BCUT2D eigenvalue weighted by molar-refractivity contribution is 4.81. The van der Waals surface area contributed by atoms with Crippen molar-refractivity contribution in [3.05, 3.63) is 0 Å². The van der Waals surface area contributed by atoms with E-state index in [1.807, 2.05) is 0 Å². The van der Waals surface area contributed by atoms with Crippen LogP contribution in [-0.4, -0.2) is 31.2 Å². The second-order valence-corrected chi connectivity index (χ2v) is 4.37. The van der Waals surface area contributed by atoms with Crippen molar-refractivity contribution in [2.24, 2.45) is 0 Å². The second-order valence-electron chi connectivity index (χ2n) is 4.37. The number of rotatable bonds is 4. The molecule has 2 rings (SSSR count). The maximum Gasteiger partial charge on any atom is 0.147 e. The molecule has 96 valence electrons. The van der Waals surface area contributed by atoms with Gasteiger partial charge in [-0.2, -0.15) is 0 Å². The Morgan fingerprint density at radius 1 is 0.688 bits per heavy atom. The van der Waals surface area contributed by atoms with Crippen molar-refractivity contribution < 1.29 is 14.2 Å². The van der Waals surface area contributed by atoms with Crippen LogP contribution in [0.25, 0.3) is 0 Å². The molecular formula is C13H26O3. The number of ether oxygens (including phenoxy) is 3. The highest BCUT2D eigenvalue weighted by Gasteiger charge is 2.34. The van der Waals surface area contributed by atoms with Gasteiger partial charge in [-0.15, -0.1) is 0 Å². The minimum absolute atomic E-state index is 0.356. The molecule has 2 fully saturated rings. The Labute approximate surface area is 99.5 Å². The van der Waals surface area contributed by atoms with Gasteiger partial charge in [0, 0.05) is 0 Å². The fraction of sp³-hybridized carbons (Fsp3) is 1.00. The van der Waals surface area contributed by atoms with Crippen molar-refractivity contribution in [2.45, 2.75) is 77.8 Å². The summed E-state index contributed by atoms with van der Waals surface area (Å²) in [5, 5.41) is 0. The van der Waals surface area contributed by atoms with Crippen LogP contribution in [0.2, 0.25) is 0 Å². The Bertz CT molecular complexity index is 166. The first-order valence-electron chi connectivity index (χ1n) is 6.65. The zero-order valence-corrected chi connectivity index (χ0v) is 11.1. The van der Waals surface area contributed by atoms with E-state index in [0.717, 1.165) is 12.8 Å². The van der Waals surface area contributed by atoms with Crippen molar-refractivity contribution in [2.75, 3.05) is 6.79 Å². The third-order valence-corrected chi connectivity index (χ3v) is 3.28. The summed E-state index contributed by atoms with van der Waals surface area (Å²) in [6, 6.07) is 0. The summed E-state index contributed by atoms with van der Waals surface area (Å²) in [7, 11) is 0. The molecule has 2 saturated heterocycles. The fourth-order valence-electron chi connectivity index (χ4n) is 2.09. The lowest BCUT2D eigenvalue weighted by Crippen LogP contribution is -2.20. The van der Waals surface area contributed by atoms with Crippen LogP contribution in [0.1, 0.15) is 53.4 Å². The van der Waals surface area contributed by atoms with E-state index in [4.69, 9.17) is 14.2 Å². The molecule has 0 bridgehead atoms. The van der Waals surface area contributed by atoms with Gasteiger partial charge in [0.25, 0.3) is 0 Å². The Morgan fingerprint density at radius 2 is 1.06 bits per heavy atom. The third-order valence-electron chi connectivity index (χ3n) is 3.28. The lowest BCUT2D eigenvalue weighted by molar-refractivity contribution is 0.0377. The molecule has 0 aromatic rings. The van der Waals surface area contributed by atoms with Gasteiger partial charge in [-0.3, -0.25) is 0 Å². The molecule has 0 saturated carbocycles. The summed E-state index contributed by atoms with van der Waals surface area (Å²) >= 11 is 0. The molecule has 2 aliphatic heterocycles. The highest BCUT2D eigenvalue weighted by Crippen LogP contribution is 2.26. The molecule has 0 N–H and O–H groups in total. The second kappa shape index (κ2) is 7.25. The average molecular weight is 230 g/mol. The van der Waals surface area contributed by atoms with E-state index in [9.17, 15) is 0 Å². The predicted octanol–water partition coefficient (Wildman–Crippen LogP) is 3.12. The van der Waals surface area contributed by atoms with Crippen molar-refractivity contribution in [3.8, 4) is 0 Å². The predicted molar refractivity (Wildman–Crippen MR) is 64.4 cm³/mol. The van der Waals surface area contributed by atoms with Gasteiger partial charge in [-0.1, -0.05) is 27.7 Å². The molecule has 4 unspecified atom stereocenters. The SMILES string of the molecule is CCC1OC1CC.CCC1OCOC1CC. The van der Waals surface area contributed by atoms with Crippen LogP contribution < -0.4 is 0 Å². The largest absolute Gasteiger partial charge is 0.370 e. The van der Waals surface area contributed by atoms with Crippen LogP contribution in [0.5, 0.6) is 0 Å². The lowest BCUT2D eigenvalue weighted by atomic mass is 10.1. The van der Waals surface area contributed by atoms with Gasteiger partial charge in [0.15, 0.2) is 0 Å². The molecule has 3 nitrogen and oxygen atoms in total. The first-order valence-corrected chi connectivity index (χ1v) is 6.65. The maximum atomic E-state index is 5.28. The third kappa shape index (κ3) is 4.04. The number of hydrogen-bond acceptors (Lipinski definition) is 3. The van der Waals surface area contributed by atoms with Gasteiger partial charge < -0.3 is 14.2 Å². The summed E-state index contributed by atoms with van der Waals surface area (Å²) in [6.45, 7) is 9.09. The summed E-state index contributed by atoms with van der Waals surface area (Å²) in [5.74, 6) is 0. The molecule has 0 aromatic carbocycles. The van der Waals surface area contributed by atoms with Crippen LogP contribution in [0.15, 0.2) is 0 Å². The summed E-state index contributed by atoms with van der Waals surface area (Å²) < 4.78 is 15.8.